The molecule has 0 aromatic carbocycles. The number of rotatable bonds is 0. The second-order valence-corrected chi connectivity index (χ2v) is 5.90. The van der Waals surface area contributed by atoms with E-state index in [0.717, 1.165) is 44.7 Å². The van der Waals surface area contributed by atoms with Gasteiger partial charge in [0.15, 0.2) is 0 Å². The third-order valence-electron chi connectivity index (χ3n) is 4.60. The summed E-state index contributed by atoms with van der Waals surface area (Å²) in [5.41, 5.74) is 0. The first-order valence-electron chi connectivity index (χ1n) is 7.60. The van der Waals surface area contributed by atoms with E-state index in [1.165, 1.54) is 18.6 Å². The van der Waals surface area contributed by atoms with E-state index in [4.69, 9.17) is 4.74 Å². The Morgan fingerprint density at radius 1 is 1.26 bits per heavy atom. The van der Waals surface area contributed by atoms with Crippen molar-refractivity contribution in [3.8, 4) is 0 Å². The summed E-state index contributed by atoms with van der Waals surface area (Å²) in [5.74, 6) is 3.16. The van der Waals surface area contributed by atoms with Crippen LogP contribution < -0.4 is 5.32 Å². The minimum Gasteiger partial charge on any atom is -0.493 e. The average Bonchev–Trinajstić information content (AvgIpc) is 3.06. The molecular weight excluding hydrogens is 238 g/mol. The minimum absolute atomic E-state index is 0.449. The van der Waals surface area contributed by atoms with Crippen molar-refractivity contribution in [2.24, 2.45) is 11.8 Å². The number of carbonyl (C=O) groups excluding carboxylic acids is 1. The molecule has 0 aromatic heterocycles. The maximum atomic E-state index is 10.2. The molecule has 3 fully saturated rings. The second kappa shape index (κ2) is 5.91. The van der Waals surface area contributed by atoms with E-state index in [-0.39, 0.29) is 0 Å². The summed E-state index contributed by atoms with van der Waals surface area (Å²) in [6.45, 7) is 2.20. The van der Waals surface area contributed by atoms with Crippen molar-refractivity contribution in [2.45, 2.75) is 44.6 Å². The van der Waals surface area contributed by atoms with Crippen molar-refractivity contribution in [1.82, 2.24) is 5.32 Å². The van der Waals surface area contributed by atoms with Gasteiger partial charge in [-0.05, 0) is 38.3 Å². The van der Waals surface area contributed by atoms with Gasteiger partial charge in [0.05, 0.1) is 0 Å². The molecule has 4 rings (SSSR count). The van der Waals surface area contributed by atoms with Gasteiger partial charge in [0.1, 0.15) is 17.6 Å². The first-order chi connectivity index (χ1) is 9.34. The molecule has 1 saturated carbocycles. The van der Waals surface area contributed by atoms with Crippen LogP contribution in [-0.4, -0.2) is 25.0 Å². The molecule has 104 valence electrons. The third kappa shape index (κ3) is 2.92. The highest BCUT2D eigenvalue weighted by molar-refractivity contribution is 5.80. The van der Waals surface area contributed by atoms with Gasteiger partial charge in [0.2, 0.25) is 0 Å². The monoisotopic (exact) mass is 261 g/mol. The predicted molar refractivity (Wildman–Crippen MR) is 74.7 cm³/mol. The lowest BCUT2D eigenvalue weighted by Gasteiger charge is -2.26. The first-order valence-corrected chi connectivity index (χ1v) is 7.60. The van der Waals surface area contributed by atoms with Gasteiger partial charge in [-0.1, -0.05) is 12.2 Å². The van der Waals surface area contributed by atoms with E-state index in [0.29, 0.717) is 17.8 Å². The van der Waals surface area contributed by atoms with Gasteiger partial charge in [0, 0.05) is 31.2 Å². The smallest absolute Gasteiger partial charge is 0.132 e. The zero-order chi connectivity index (χ0) is 13.1. The molecule has 0 spiro atoms. The fourth-order valence-electron chi connectivity index (χ4n) is 3.52. The van der Waals surface area contributed by atoms with Crippen LogP contribution in [0.3, 0.4) is 0 Å². The molecular formula is C16H23NO2. The summed E-state index contributed by atoms with van der Waals surface area (Å²) in [7, 11) is 0. The van der Waals surface area contributed by atoms with E-state index in [1.54, 1.807) is 0 Å². The summed E-state index contributed by atoms with van der Waals surface area (Å²) >= 11 is 0. The van der Waals surface area contributed by atoms with Gasteiger partial charge in [-0.15, -0.1) is 0 Å². The number of ketones is 1. The second-order valence-electron chi connectivity index (χ2n) is 5.90. The van der Waals surface area contributed by atoms with Crippen LogP contribution in [0.5, 0.6) is 0 Å². The van der Waals surface area contributed by atoms with Gasteiger partial charge in [0.25, 0.3) is 0 Å². The zero-order valence-corrected chi connectivity index (χ0v) is 11.4. The summed E-state index contributed by atoms with van der Waals surface area (Å²) in [5, 5.41) is 3.39. The lowest BCUT2D eigenvalue weighted by Crippen LogP contribution is -2.39. The van der Waals surface area contributed by atoms with E-state index >= 15 is 0 Å². The van der Waals surface area contributed by atoms with Gasteiger partial charge in [-0.3, -0.25) is 4.79 Å². The van der Waals surface area contributed by atoms with Crippen LogP contribution in [0, 0.1) is 11.8 Å². The Bertz CT molecular complexity index is 392. The molecule has 0 bridgehead atoms. The molecule has 3 nitrogen and oxygen atoms in total. The number of Topliss-reactive ketones (excluding diaryl/α,β-unsaturated/α-hetero) is 1. The van der Waals surface area contributed by atoms with Crippen molar-refractivity contribution in [3.05, 3.63) is 24.0 Å². The lowest BCUT2D eigenvalue weighted by molar-refractivity contribution is -0.117. The fourth-order valence-corrected chi connectivity index (χ4v) is 3.52. The number of ether oxygens (including phenoxy) is 1. The third-order valence-corrected chi connectivity index (χ3v) is 4.60. The summed E-state index contributed by atoms with van der Waals surface area (Å²) in [4.78, 5) is 10.2. The molecule has 4 aliphatic rings. The Morgan fingerprint density at radius 3 is 2.84 bits per heavy atom. The largest absolute Gasteiger partial charge is 0.493 e. The molecule has 2 heterocycles. The molecule has 3 atom stereocenters. The maximum Gasteiger partial charge on any atom is 0.132 e. The molecule has 2 aliphatic heterocycles. The quantitative estimate of drug-likeness (QED) is 0.728. The van der Waals surface area contributed by atoms with Crippen LogP contribution in [-0.2, 0) is 9.53 Å². The number of hydrogen-bond acceptors (Lipinski definition) is 3. The summed E-state index contributed by atoms with van der Waals surface area (Å²) in [6.07, 6.45) is 13.4. The van der Waals surface area contributed by atoms with Crippen molar-refractivity contribution in [2.75, 3.05) is 13.1 Å². The molecule has 3 unspecified atom stereocenters. The minimum atomic E-state index is 0.449. The predicted octanol–water partition coefficient (Wildman–Crippen LogP) is 2.58. The highest BCUT2D eigenvalue weighted by Crippen LogP contribution is 2.42. The maximum absolute atomic E-state index is 10.2. The molecule has 0 aromatic rings. The first kappa shape index (κ1) is 12.9. The lowest BCUT2D eigenvalue weighted by atomic mass is 9.81. The Morgan fingerprint density at radius 2 is 2.11 bits per heavy atom. The van der Waals surface area contributed by atoms with E-state index < -0.39 is 0 Å². The van der Waals surface area contributed by atoms with Crippen LogP contribution in [0.2, 0.25) is 0 Å². The van der Waals surface area contributed by atoms with Crippen LogP contribution in [0.15, 0.2) is 24.0 Å². The number of carbonyl (C=O) groups is 1. The van der Waals surface area contributed by atoms with E-state index in [2.05, 4.69) is 23.5 Å². The standard InChI is InChI=1S/C11H15NO.C5H8O/c1-2-4-10-8(3-1)9-5-6-12-7-11(9)13-10;6-5-3-1-2-4-5/h1-2,4,8-9,11-12H,3,5-7H2;1-4H2. The number of fused-ring (bicyclic) bond motifs is 3. The zero-order valence-electron chi connectivity index (χ0n) is 11.4. The highest BCUT2D eigenvalue weighted by atomic mass is 16.5. The van der Waals surface area contributed by atoms with Crippen molar-refractivity contribution in [1.29, 1.82) is 0 Å². The number of hydrogen-bond donors (Lipinski definition) is 1. The molecule has 19 heavy (non-hydrogen) atoms. The Kier molecular flexibility index (Phi) is 4.02. The Balaban J connectivity index is 0.000000155. The molecule has 0 amide bonds. The number of allylic oxidation sites excluding steroid dienone is 4. The van der Waals surface area contributed by atoms with Gasteiger partial charge >= 0.3 is 0 Å². The summed E-state index contributed by atoms with van der Waals surface area (Å²) in [6, 6.07) is 0. The number of piperidine rings is 1. The van der Waals surface area contributed by atoms with Crippen LogP contribution >= 0.6 is 0 Å². The van der Waals surface area contributed by atoms with E-state index in [1.807, 2.05) is 0 Å². The van der Waals surface area contributed by atoms with Crippen LogP contribution in [0.4, 0.5) is 0 Å². The molecule has 2 aliphatic carbocycles. The number of nitrogens with one attached hydrogen (secondary N) is 1. The van der Waals surface area contributed by atoms with E-state index in [9.17, 15) is 4.79 Å². The highest BCUT2D eigenvalue weighted by Gasteiger charge is 2.42. The van der Waals surface area contributed by atoms with Crippen molar-refractivity contribution >= 4 is 5.78 Å². The molecule has 3 heteroatoms. The van der Waals surface area contributed by atoms with Crippen LogP contribution in [0.25, 0.3) is 0 Å². The fraction of sp³-hybridized carbons (Fsp3) is 0.688. The molecule has 2 saturated heterocycles. The molecule has 0 radical (unpaired) electrons. The topological polar surface area (TPSA) is 38.3 Å². The van der Waals surface area contributed by atoms with Crippen molar-refractivity contribution < 1.29 is 9.53 Å². The van der Waals surface area contributed by atoms with Crippen LogP contribution in [0.1, 0.15) is 38.5 Å². The Labute approximate surface area is 115 Å². The molecule has 1 N–H and O–H groups in total. The van der Waals surface area contributed by atoms with Crippen molar-refractivity contribution in [3.63, 3.8) is 0 Å². The van der Waals surface area contributed by atoms with Gasteiger partial charge in [-0.2, -0.15) is 0 Å². The Hall–Kier alpha value is -1.09. The normalized spacial score (nSPS) is 35.7. The average molecular weight is 261 g/mol. The SMILES string of the molecule is C1=CCC2C(=C1)OC1CNCCC12.O=C1CCCC1. The van der Waals surface area contributed by atoms with Gasteiger partial charge in [-0.25, -0.2) is 0 Å². The summed E-state index contributed by atoms with van der Waals surface area (Å²) < 4.78 is 5.92. The van der Waals surface area contributed by atoms with Gasteiger partial charge < -0.3 is 10.1 Å².